The molecule has 2 aromatic rings. The molecular formula is C23H26N2O5S. The molecule has 8 heteroatoms. The molecule has 0 aromatic heterocycles. The van der Waals surface area contributed by atoms with Crippen molar-refractivity contribution in [2.24, 2.45) is 0 Å². The van der Waals surface area contributed by atoms with Crippen LogP contribution in [0.4, 0.5) is 0 Å². The van der Waals surface area contributed by atoms with Crippen molar-refractivity contribution in [2.45, 2.75) is 43.8 Å². The van der Waals surface area contributed by atoms with Crippen LogP contribution >= 0.6 is 0 Å². The van der Waals surface area contributed by atoms with Crippen LogP contribution in [0.25, 0.3) is 0 Å². The van der Waals surface area contributed by atoms with E-state index in [0.29, 0.717) is 43.0 Å². The molecule has 1 saturated heterocycles. The molecule has 3 rings (SSSR count). The molecule has 1 fully saturated rings. The number of hydrogen-bond acceptors (Lipinski definition) is 6. The van der Waals surface area contributed by atoms with Gasteiger partial charge in [0.2, 0.25) is 0 Å². The summed E-state index contributed by atoms with van der Waals surface area (Å²) in [5.74, 6) is 0.818. The van der Waals surface area contributed by atoms with Crippen molar-refractivity contribution in [2.75, 3.05) is 19.3 Å². The van der Waals surface area contributed by atoms with Gasteiger partial charge in [0.25, 0.3) is 5.91 Å². The fourth-order valence-corrected chi connectivity index (χ4v) is 4.06. The van der Waals surface area contributed by atoms with Crippen LogP contribution in [0.15, 0.2) is 47.4 Å². The van der Waals surface area contributed by atoms with Gasteiger partial charge >= 0.3 is 0 Å². The van der Waals surface area contributed by atoms with Crippen molar-refractivity contribution in [1.82, 2.24) is 4.90 Å². The molecule has 0 saturated carbocycles. The summed E-state index contributed by atoms with van der Waals surface area (Å²) in [6.07, 6.45) is 2.23. The number of nitrogens with zero attached hydrogens (tertiary/aromatic N) is 2. The van der Waals surface area contributed by atoms with Crippen molar-refractivity contribution < 1.29 is 22.7 Å². The summed E-state index contributed by atoms with van der Waals surface area (Å²) in [6.45, 7) is 4.68. The molecule has 1 heterocycles. The molecule has 0 spiro atoms. The summed E-state index contributed by atoms with van der Waals surface area (Å²) >= 11 is 0. The molecular weight excluding hydrogens is 416 g/mol. The third-order valence-corrected chi connectivity index (χ3v) is 6.10. The van der Waals surface area contributed by atoms with Crippen molar-refractivity contribution in [1.29, 1.82) is 5.26 Å². The van der Waals surface area contributed by atoms with Crippen LogP contribution in [0.1, 0.15) is 42.6 Å². The van der Waals surface area contributed by atoms with E-state index >= 15 is 0 Å². The Morgan fingerprint density at radius 3 is 2.32 bits per heavy atom. The number of likely N-dealkylation sites (tertiary alicyclic amines) is 1. The first-order valence-corrected chi connectivity index (χ1v) is 12.0. The number of carbonyl (C=O) groups excluding carboxylic acids is 1. The molecule has 31 heavy (non-hydrogen) atoms. The number of benzene rings is 2. The number of hydrogen-bond donors (Lipinski definition) is 0. The van der Waals surface area contributed by atoms with Gasteiger partial charge in [0.05, 0.1) is 28.2 Å². The maximum atomic E-state index is 13.2. The first kappa shape index (κ1) is 22.6. The molecule has 0 bridgehead atoms. The SMILES string of the molecule is CC(C)Oc1ccc(S(C)(=O)=O)cc1C(=O)N1CCC(Oc2ccc(C#N)cc2)CC1. The summed E-state index contributed by atoms with van der Waals surface area (Å²) in [6, 6.07) is 13.4. The van der Waals surface area contributed by atoms with E-state index < -0.39 is 9.84 Å². The van der Waals surface area contributed by atoms with Crippen LogP contribution < -0.4 is 9.47 Å². The van der Waals surface area contributed by atoms with Gasteiger partial charge in [0.15, 0.2) is 9.84 Å². The molecule has 2 aromatic carbocycles. The highest BCUT2D eigenvalue weighted by molar-refractivity contribution is 7.90. The Hall–Kier alpha value is -3.05. The lowest BCUT2D eigenvalue weighted by molar-refractivity contribution is 0.0590. The van der Waals surface area contributed by atoms with Gasteiger partial charge in [-0.1, -0.05) is 0 Å². The quantitative estimate of drug-likeness (QED) is 0.680. The first-order valence-electron chi connectivity index (χ1n) is 10.1. The van der Waals surface area contributed by atoms with Gasteiger partial charge in [-0.3, -0.25) is 4.79 Å². The summed E-state index contributed by atoms with van der Waals surface area (Å²) < 4.78 is 35.7. The fourth-order valence-electron chi connectivity index (χ4n) is 3.41. The highest BCUT2D eigenvalue weighted by atomic mass is 32.2. The predicted molar refractivity (Wildman–Crippen MR) is 116 cm³/mol. The van der Waals surface area contributed by atoms with Gasteiger partial charge in [-0.05, 0) is 56.3 Å². The lowest BCUT2D eigenvalue weighted by Crippen LogP contribution is -2.42. The second-order valence-electron chi connectivity index (χ2n) is 7.84. The Morgan fingerprint density at radius 1 is 1.13 bits per heavy atom. The molecule has 7 nitrogen and oxygen atoms in total. The molecule has 0 atom stereocenters. The van der Waals surface area contributed by atoms with Crippen LogP contribution in [-0.2, 0) is 9.84 Å². The maximum absolute atomic E-state index is 13.2. The Balaban J connectivity index is 1.71. The summed E-state index contributed by atoms with van der Waals surface area (Å²) in [5, 5.41) is 8.88. The van der Waals surface area contributed by atoms with Gasteiger partial charge < -0.3 is 14.4 Å². The van der Waals surface area contributed by atoms with Gasteiger partial charge in [0.1, 0.15) is 17.6 Å². The second-order valence-corrected chi connectivity index (χ2v) is 9.86. The monoisotopic (exact) mass is 442 g/mol. The summed E-state index contributed by atoms with van der Waals surface area (Å²) in [5.41, 5.74) is 0.826. The van der Waals surface area contributed by atoms with Crippen LogP contribution in [0.3, 0.4) is 0 Å². The van der Waals surface area contributed by atoms with E-state index in [0.717, 1.165) is 6.26 Å². The van der Waals surface area contributed by atoms with E-state index in [4.69, 9.17) is 14.7 Å². The van der Waals surface area contributed by atoms with Crippen molar-refractivity contribution in [3.05, 3.63) is 53.6 Å². The molecule has 0 aliphatic carbocycles. The van der Waals surface area contributed by atoms with Crippen LogP contribution in [-0.4, -0.2) is 50.8 Å². The molecule has 0 N–H and O–H groups in total. The molecule has 164 valence electrons. The van der Waals surface area contributed by atoms with Gasteiger partial charge in [-0.15, -0.1) is 0 Å². The number of piperidine rings is 1. The number of nitriles is 1. The lowest BCUT2D eigenvalue weighted by atomic mass is 10.1. The molecule has 1 aliphatic rings. The van der Waals surface area contributed by atoms with Gasteiger partial charge in [-0.2, -0.15) is 5.26 Å². The third-order valence-electron chi connectivity index (χ3n) is 4.99. The van der Waals surface area contributed by atoms with Crippen molar-refractivity contribution in [3.63, 3.8) is 0 Å². The summed E-state index contributed by atoms with van der Waals surface area (Å²) in [4.78, 5) is 15.0. The minimum atomic E-state index is -3.45. The van der Waals surface area contributed by atoms with E-state index in [9.17, 15) is 13.2 Å². The number of carbonyl (C=O) groups is 1. The van der Waals surface area contributed by atoms with Crippen LogP contribution in [0.5, 0.6) is 11.5 Å². The number of ether oxygens (including phenoxy) is 2. The third kappa shape index (κ3) is 5.76. The van der Waals surface area contributed by atoms with Crippen LogP contribution in [0.2, 0.25) is 0 Å². The zero-order valence-electron chi connectivity index (χ0n) is 17.9. The smallest absolute Gasteiger partial charge is 0.257 e. The largest absolute Gasteiger partial charge is 0.490 e. The van der Waals surface area contributed by atoms with Crippen LogP contribution in [0, 0.1) is 11.3 Å². The minimum absolute atomic E-state index is 0.0364. The van der Waals surface area contributed by atoms with E-state index in [2.05, 4.69) is 6.07 Å². The van der Waals surface area contributed by atoms with Crippen molar-refractivity contribution in [3.8, 4) is 17.6 Å². The highest BCUT2D eigenvalue weighted by Crippen LogP contribution is 2.27. The minimum Gasteiger partial charge on any atom is -0.490 e. The van der Waals surface area contributed by atoms with Gasteiger partial charge in [-0.25, -0.2) is 8.42 Å². The number of sulfone groups is 1. The van der Waals surface area contributed by atoms with E-state index in [1.165, 1.54) is 12.1 Å². The van der Waals surface area contributed by atoms with E-state index in [-0.39, 0.29) is 28.6 Å². The van der Waals surface area contributed by atoms with Crippen molar-refractivity contribution >= 4 is 15.7 Å². The average molecular weight is 443 g/mol. The standard InChI is InChI=1S/C23H26N2O5S/c1-16(2)29-22-9-8-20(31(3,27)28)14-21(22)23(26)25-12-10-19(11-13-25)30-18-6-4-17(15-24)5-7-18/h4-9,14,16,19H,10-13H2,1-3H3. The lowest BCUT2D eigenvalue weighted by Gasteiger charge is -2.32. The van der Waals surface area contributed by atoms with Gasteiger partial charge in [0, 0.05) is 32.2 Å². The normalized spacial score (nSPS) is 14.9. The Morgan fingerprint density at radius 2 is 1.77 bits per heavy atom. The average Bonchev–Trinajstić information content (AvgIpc) is 2.73. The molecule has 1 aliphatic heterocycles. The molecule has 0 radical (unpaired) electrons. The zero-order valence-corrected chi connectivity index (χ0v) is 18.7. The topological polar surface area (TPSA) is 96.7 Å². The number of amides is 1. The Kier molecular flexibility index (Phi) is 6.86. The zero-order chi connectivity index (χ0) is 22.6. The highest BCUT2D eigenvalue weighted by Gasteiger charge is 2.27. The summed E-state index contributed by atoms with van der Waals surface area (Å²) in [7, 11) is -3.45. The van der Waals surface area contributed by atoms with E-state index in [1.54, 1.807) is 35.2 Å². The molecule has 1 amide bonds. The molecule has 0 unspecified atom stereocenters. The fraction of sp³-hybridized carbons (Fsp3) is 0.391. The maximum Gasteiger partial charge on any atom is 0.257 e. The second kappa shape index (κ2) is 9.40. The number of rotatable bonds is 6. The Bertz CT molecular complexity index is 1080. The predicted octanol–water partition coefficient (Wildman–Crippen LogP) is 3.43. The first-order chi connectivity index (χ1) is 14.7. The Labute approximate surface area is 183 Å². The van der Waals surface area contributed by atoms with E-state index in [1.807, 2.05) is 13.8 Å².